The van der Waals surface area contributed by atoms with Crippen LogP contribution in [0, 0.1) is 0 Å². The molecule has 1 amide bonds. The summed E-state index contributed by atoms with van der Waals surface area (Å²) in [5, 5.41) is 2.34. The van der Waals surface area contributed by atoms with Gasteiger partial charge in [-0.15, -0.1) is 0 Å². The number of hydrogen-bond acceptors (Lipinski definition) is 8. The summed E-state index contributed by atoms with van der Waals surface area (Å²) < 4.78 is 65.4. The van der Waals surface area contributed by atoms with E-state index in [-0.39, 0.29) is 10.8 Å². The molecular formula is C25H25N3O7S2. The number of benzene rings is 2. The number of hydrogen-bond donors (Lipinski definition) is 2. The van der Waals surface area contributed by atoms with E-state index in [0.29, 0.717) is 22.2 Å². The zero-order valence-electron chi connectivity index (χ0n) is 20.3. The molecule has 0 radical (unpaired) electrons. The van der Waals surface area contributed by atoms with Crippen LogP contribution in [0.15, 0.2) is 87.5 Å². The van der Waals surface area contributed by atoms with E-state index in [4.69, 9.17) is 9.15 Å². The Morgan fingerprint density at radius 3 is 2.46 bits per heavy atom. The van der Waals surface area contributed by atoms with Gasteiger partial charge in [-0.2, -0.15) is 8.42 Å². The molecule has 2 heterocycles. The molecule has 0 fully saturated rings. The number of carbonyl (C=O) groups excluding carboxylic acids is 1. The van der Waals surface area contributed by atoms with Gasteiger partial charge in [0, 0.05) is 23.3 Å². The lowest BCUT2D eigenvalue weighted by Crippen LogP contribution is -2.27. The van der Waals surface area contributed by atoms with E-state index in [1.165, 1.54) is 30.5 Å². The Hall–Kier alpha value is -3.90. The number of anilines is 2. The maximum absolute atomic E-state index is 13.3. The Bertz CT molecular complexity index is 1640. The normalized spacial score (nSPS) is 12.3. The zero-order valence-corrected chi connectivity index (χ0v) is 21.9. The number of nitrogens with zero attached hydrogens (tertiary/aromatic N) is 1. The van der Waals surface area contributed by atoms with Crippen LogP contribution in [0.2, 0.25) is 0 Å². The van der Waals surface area contributed by atoms with Crippen LogP contribution in [-0.4, -0.2) is 33.5 Å². The lowest BCUT2D eigenvalue weighted by Gasteiger charge is -2.19. The molecule has 0 unspecified atom stereocenters. The van der Waals surface area contributed by atoms with Gasteiger partial charge in [0.1, 0.15) is 11.2 Å². The van der Waals surface area contributed by atoms with E-state index in [1.807, 2.05) is 0 Å². The molecule has 0 aliphatic rings. The Morgan fingerprint density at radius 2 is 1.73 bits per heavy atom. The third-order valence-corrected chi connectivity index (χ3v) is 7.75. The molecule has 4 aromatic rings. The molecule has 0 atom stereocenters. The van der Waals surface area contributed by atoms with Gasteiger partial charge in [-0.25, -0.2) is 18.2 Å². The predicted molar refractivity (Wildman–Crippen MR) is 138 cm³/mol. The van der Waals surface area contributed by atoms with Crippen molar-refractivity contribution in [3.63, 3.8) is 0 Å². The van der Waals surface area contributed by atoms with Crippen molar-refractivity contribution in [2.75, 3.05) is 10.0 Å². The number of nitrogens with one attached hydrogen (secondary N) is 2. The highest BCUT2D eigenvalue weighted by Crippen LogP contribution is 2.28. The number of sulfone groups is 1. The molecule has 194 valence electrons. The monoisotopic (exact) mass is 543 g/mol. The van der Waals surface area contributed by atoms with E-state index in [2.05, 4.69) is 15.0 Å². The number of carbonyl (C=O) groups is 1. The summed E-state index contributed by atoms with van der Waals surface area (Å²) in [6.45, 7) is 5.17. The highest BCUT2D eigenvalue weighted by Gasteiger charge is 2.26. The average Bonchev–Trinajstić information content (AvgIpc) is 3.23. The van der Waals surface area contributed by atoms with Gasteiger partial charge in [0.15, 0.2) is 5.03 Å². The number of amides is 1. The Kier molecular flexibility index (Phi) is 6.98. The van der Waals surface area contributed by atoms with Gasteiger partial charge in [0.2, 0.25) is 14.9 Å². The van der Waals surface area contributed by atoms with Crippen LogP contribution < -0.4 is 10.0 Å². The Balaban J connectivity index is 1.57. The summed E-state index contributed by atoms with van der Waals surface area (Å²) in [5.74, 6) is -0.493. The third kappa shape index (κ3) is 6.46. The molecule has 0 aliphatic heterocycles. The van der Waals surface area contributed by atoms with Crippen LogP contribution in [0.4, 0.5) is 16.2 Å². The molecule has 0 aliphatic carbocycles. The minimum absolute atomic E-state index is 0.217. The van der Waals surface area contributed by atoms with Crippen molar-refractivity contribution in [2.24, 2.45) is 0 Å². The van der Waals surface area contributed by atoms with E-state index in [1.54, 1.807) is 63.2 Å². The predicted octanol–water partition coefficient (Wildman–Crippen LogP) is 4.95. The van der Waals surface area contributed by atoms with Crippen molar-refractivity contribution in [2.45, 2.75) is 42.2 Å². The van der Waals surface area contributed by atoms with Gasteiger partial charge in [0.25, 0.3) is 10.0 Å². The Labute approximate surface area is 214 Å². The summed E-state index contributed by atoms with van der Waals surface area (Å²) in [4.78, 5) is 16.0. The fourth-order valence-corrected chi connectivity index (χ4v) is 5.98. The van der Waals surface area contributed by atoms with Crippen molar-refractivity contribution in [3.8, 4) is 0 Å². The first-order valence-corrected chi connectivity index (χ1v) is 14.2. The summed E-state index contributed by atoms with van der Waals surface area (Å²) >= 11 is 0. The lowest BCUT2D eigenvalue weighted by atomic mass is 10.2. The van der Waals surface area contributed by atoms with Crippen LogP contribution in [0.5, 0.6) is 0 Å². The lowest BCUT2D eigenvalue weighted by molar-refractivity contribution is 0.0636. The second kappa shape index (κ2) is 9.87. The first kappa shape index (κ1) is 26.2. The fourth-order valence-electron chi connectivity index (χ4n) is 3.45. The summed E-state index contributed by atoms with van der Waals surface area (Å²) in [7, 11) is -8.36. The standard InChI is InChI=1S/C25H25N3O7S2/c1-25(2,3)35-24(29)27-19-10-6-8-17(14-19)16-36(30,31)23-20(11-7-13-26-23)28-37(32,33)22-15-18-9-4-5-12-21(18)34-22/h4-15,28H,16H2,1-3H3,(H,27,29). The second-order valence-electron chi connectivity index (χ2n) is 9.15. The van der Waals surface area contributed by atoms with Gasteiger partial charge in [-0.1, -0.05) is 30.3 Å². The minimum Gasteiger partial charge on any atom is -0.444 e. The number of rotatable bonds is 7. The van der Waals surface area contributed by atoms with E-state index < -0.39 is 42.3 Å². The Morgan fingerprint density at radius 1 is 0.973 bits per heavy atom. The molecule has 2 aromatic carbocycles. The van der Waals surface area contributed by atoms with Crippen LogP contribution in [0.25, 0.3) is 11.0 Å². The number of ether oxygens (including phenoxy) is 1. The molecule has 12 heteroatoms. The number of para-hydroxylation sites is 1. The summed E-state index contributed by atoms with van der Waals surface area (Å²) in [5.41, 5.74) is 0.155. The molecule has 0 bridgehead atoms. The number of furan rings is 1. The number of fused-ring (bicyclic) bond motifs is 1. The molecule has 37 heavy (non-hydrogen) atoms. The minimum atomic E-state index is -4.25. The maximum Gasteiger partial charge on any atom is 0.412 e. The SMILES string of the molecule is CC(C)(C)OC(=O)Nc1cccc(CS(=O)(=O)c2ncccc2NS(=O)(=O)c2cc3ccccc3o2)c1. The number of pyridine rings is 1. The van der Waals surface area contributed by atoms with E-state index in [9.17, 15) is 21.6 Å². The van der Waals surface area contributed by atoms with Gasteiger partial charge in [-0.3, -0.25) is 10.0 Å². The molecule has 2 N–H and O–H groups in total. The molecule has 2 aromatic heterocycles. The fraction of sp³-hybridized carbons (Fsp3) is 0.200. The van der Waals surface area contributed by atoms with Crippen LogP contribution in [-0.2, 0) is 30.4 Å². The van der Waals surface area contributed by atoms with Gasteiger partial charge in [0.05, 0.1) is 11.4 Å². The van der Waals surface area contributed by atoms with Crippen molar-refractivity contribution in [1.82, 2.24) is 4.98 Å². The first-order chi connectivity index (χ1) is 17.3. The second-order valence-corrected chi connectivity index (χ2v) is 12.7. The van der Waals surface area contributed by atoms with Crippen LogP contribution >= 0.6 is 0 Å². The van der Waals surface area contributed by atoms with E-state index >= 15 is 0 Å². The third-order valence-electron chi connectivity index (χ3n) is 4.91. The van der Waals surface area contributed by atoms with Crippen molar-refractivity contribution in [1.29, 1.82) is 0 Å². The van der Waals surface area contributed by atoms with Crippen LogP contribution in [0.1, 0.15) is 26.3 Å². The van der Waals surface area contributed by atoms with E-state index in [0.717, 1.165) is 0 Å². The van der Waals surface area contributed by atoms with Crippen LogP contribution in [0.3, 0.4) is 0 Å². The molecule has 4 rings (SSSR count). The zero-order chi connectivity index (χ0) is 26.8. The molecular weight excluding hydrogens is 518 g/mol. The highest BCUT2D eigenvalue weighted by atomic mass is 32.2. The quantitative estimate of drug-likeness (QED) is 0.333. The summed E-state index contributed by atoms with van der Waals surface area (Å²) in [6, 6.07) is 17.1. The smallest absolute Gasteiger partial charge is 0.412 e. The molecule has 0 saturated heterocycles. The summed E-state index contributed by atoms with van der Waals surface area (Å²) in [6.07, 6.45) is 0.575. The van der Waals surface area contributed by atoms with Gasteiger partial charge >= 0.3 is 6.09 Å². The van der Waals surface area contributed by atoms with Crippen molar-refractivity contribution < 1.29 is 30.8 Å². The topological polar surface area (TPSA) is 145 Å². The average molecular weight is 544 g/mol. The molecule has 10 nitrogen and oxygen atoms in total. The highest BCUT2D eigenvalue weighted by molar-refractivity contribution is 7.93. The van der Waals surface area contributed by atoms with Crippen molar-refractivity contribution >= 4 is 48.3 Å². The van der Waals surface area contributed by atoms with Crippen molar-refractivity contribution in [3.05, 3.63) is 78.5 Å². The first-order valence-electron chi connectivity index (χ1n) is 11.1. The van der Waals surface area contributed by atoms with Gasteiger partial charge < -0.3 is 9.15 Å². The van der Waals surface area contributed by atoms with Gasteiger partial charge in [-0.05, 0) is 56.7 Å². The number of sulfonamides is 1. The maximum atomic E-state index is 13.3. The number of aromatic nitrogens is 1. The molecule has 0 saturated carbocycles. The molecule has 0 spiro atoms. The largest absolute Gasteiger partial charge is 0.444 e.